The molecular weight excluding hydrogens is 354 g/mol. The summed E-state index contributed by atoms with van der Waals surface area (Å²) < 4.78 is 0. The Morgan fingerprint density at radius 3 is 2.07 bits per heavy atom. The predicted molar refractivity (Wildman–Crippen MR) is 114 cm³/mol. The van der Waals surface area contributed by atoms with Crippen LogP contribution in [0.2, 0.25) is 0 Å². The minimum absolute atomic E-state index is 0.0368. The van der Waals surface area contributed by atoms with Crippen LogP contribution in [0.4, 0.5) is 0 Å². The third-order valence-electron chi connectivity index (χ3n) is 4.50. The summed E-state index contributed by atoms with van der Waals surface area (Å²) in [7, 11) is 1.81. The van der Waals surface area contributed by atoms with Gasteiger partial charge in [-0.05, 0) is 33.3 Å². The van der Waals surface area contributed by atoms with Gasteiger partial charge in [0.1, 0.15) is 6.54 Å². The maximum absolute atomic E-state index is 12.6. The number of nitrogens with zero attached hydrogens (tertiary/aromatic N) is 4. The van der Waals surface area contributed by atoms with Crippen molar-refractivity contribution >= 4 is 17.8 Å². The molecule has 7 nitrogen and oxygen atoms in total. The van der Waals surface area contributed by atoms with E-state index >= 15 is 0 Å². The van der Waals surface area contributed by atoms with Gasteiger partial charge in [0, 0.05) is 39.8 Å². The largest absolute Gasteiger partial charge is 0.356 e. The third kappa shape index (κ3) is 7.58. The van der Waals surface area contributed by atoms with Crippen molar-refractivity contribution in [1.29, 1.82) is 0 Å². The van der Waals surface area contributed by atoms with Gasteiger partial charge in [0.25, 0.3) is 0 Å². The second kappa shape index (κ2) is 12.8. The number of carbonyl (C=O) groups excluding carboxylic acids is 2. The molecule has 28 heavy (non-hydrogen) atoms. The molecule has 0 aromatic heterocycles. The van der Waals surface area contributed by atoms with Crippen molar-refractivity contribution in [2.75, 3.05) is 46.3 Å². The lowest BCUT2D eigenvalue weighted by atomic mass is 10.2. The Bertz CT molecular complexity index is 629. The summed E-state index contributed by atoms with van der Waals surface area (Å²) in [5.74, 6) is 0.570. The van der Waals surface area contributed by atoms with Crippen LogP contribution >= 0.6 is 0 Å². The van der Waals surface area contributed by atoms with Crippen molar-refractivity contribution in [1.82, 2.24) is 20.0 Å². The Kier molecular flexibility index (Phi) is 10.7. The van der Waals surface area contributed by atoms with Crippen LogP contribution < -0.4 is 5.32 Å². The number of likely N-dealkylation sites (N-methyl/N-ethyl adjacent to an activating group) is 3. The van der Waals surface area contributed by atoms with Crippen LogP contribution in [0.3, 0.4) is 0 Å². The normalized spacial score (nSPS) is 11.1. The molecule has 0 aliphatic heterocycles. The number of hydrogen-bond donors (Lipinski definition) is 1. The summed E-state index contributed by atoms with van der Waals surface area (Å²) in [5.41, 5.74) is 1.09. The van der Waals surface area contributed by atoms with E-state index in [-0.39, 0.29) is 24.9 Å². The van der Waals surface area contributed by atoms with E-state index in [1.54, 1.807) is 14.7 Å². The standard InChI is InChI=1S/C21H35N5O2/c1-6-22-21(24(5)17-20(28)25(7-2)8-3)23-15-19(27)26(9-4)16-18-13-11-10-12-14-18/h10-14H,6-9,15-17H2,1-5H3,(H,22,23). The van der Waals surface area contributed by atoms with Gasteiger partial charge in [0.2, 0.25) is 11.8 Å². The van der Waals surface area contributed by atoms with Crippen LogP contribution in [0.25, 0.3) is 0 Å². The number of aliphatic imine (C=N–C) groups is 1. The summed E-state index contributed by atoms with van der Waals surface area (Å²) in [6.45, 7) is 11.3. The highest BCUT2D eigenvalue weighted by atomic mass is 16.2. The lowest BCUT2D eigenvalue weighted by Gasteiger charge is -2.26. The average molecular weight is 390 g/mol. The Balaban J connectivity index is 2.75. The summed E-state index contributed by atoms with van der Waals surface area (Å²) in [6, 6.07) is 9.92. The van der Waals surface area contributed by atoms with Gasteiger partial charge in [0.15, 0.2) is 5.96 Å². The van der Waals surface area contributed by atoms with Crippen molar-refractivity contribution in [2.24, 2.45) is 4.99 Å². The van der Waals surface area contributed by atoms with Crippen molar-refractivity contribution in [3.05, 3.63) is 35.9 Å². The molecule has 2 amide bonds. The summed E-state index contributed by atoms with van der Waals surface area (Å²) >= 11 is 0. The molecule has 1 N–H and O–H groups in total. The van der Waals surface area contributed by atoms with Gasteiger partial charge in [-0.1, -0.05) is 30.3 Å². The first-order chi connectivity index (χ1) is 13.5. The Morgan fingerprint density at radius 2 is 1.54 bits per heavy atom. The van der Waals surface area contributed by atoms with Crippen LogP contribution in [0.15, 0.2) is 35.3 Å². The van der Waals surface area contributed by atoms with Crippen LogP contribution in [0.5, 0.6) is 0 Å². The van der Waals surface area contributed by atoms with Gasteiger partial charge in [-0.2, -0.15) is 0 Å². The average Bonchev–Trinajstić information content (AvgIpc) is 2.70. The molecule has 0 aliphatic carbocycles. The smallest absolute Gasteiger partial charge is 0.244 e. The number of carbonyl (C=O) groups is 2. The van der Waals surface area contributed by atoms with E-state index in [0.29, 0.717) is 38.7 Å². The Morgan fingerprint density at radius 1 is 0.929 bits per heavy atom. The molecule has 0 atom stereocenters. The summed E-state index contributed by atoms with van der Waals surface area (Å²) in [5, 5.41) is 3.16. The second-order valence-corrected chi connectivity index (χ2v) is 6.49. The zero-order chi connectivity index (χ0) is 20.9. The molecule has 0 fully saturated rings. The lowest BCUT2D eigenvalue weighted by molar-refractivity contribution is -0.131. The topological polar surface area (TPSA) is 68.2 Å². The van der Waals surface area contributed by atoms with Crippen molar-refractivity contribution in [2.45, 2.75) is 34.2 Å². The molecule has 1 aromatic carbocycles. The summed E-state index contributed by atoms with van der Waals surface area (Å²) in [4.78, 5) is 34.8. The molecular formula is C21H35N5O2. The van der Waals surface area contributed by atoms with Gasteiger partial charge in [-0.15, -0.1) is 0 Å². The van der Waals surface area contributed by atoms with E-state index in [4.69, 9.17) is 0 Å². The van der Waals surface area contributed by atoms with Crippen molar-refractivity contribution in [3.8, 4) is 0 Å². The SMILES string of the molecule is CCNC(=NCC(=O)N(CC)Cc1ccccc1)N(C)CC(=O)N(CC)CC. The first kappa shape index (κ1) is 23.5. The van der Waals surface area contributed by atoms with Crippen LogP contribution in [0, 0.1) is 0 Å². The maximum atomic E-state index is 12.6. The number of hydrogen-bond acceptors (Lipinski definition) is 3. The van der Waals surface area contributed by atoms with E-state index in [1.165, 1.54) is 0 Å². The van der Waals surface area contributed by atoms with E-state index in [1.807, 2.05) is 65.1 Å². The molecule has 0 heterocycles. The number of guanidine groups is 1. The first-order valence-electron chi connectivity index (χ1n) is 10.1. The van der Waals surface area contributed by atoms with E-state index in [9.17, 15) is 9.59 Å². The molecule has 0 aliphatic rings. The first-order valence-corrected chi connectivity index (χ1v) is 10.1. The van der Waals surface area contributed by atoms with Gasteiger partial charge in [0.05, 0.1) is 6.54 Å². The van der Waals surface area contributed by atoms with Gasteiger partial charge in [-0.25, -0.2) is 4.99 Å². The fraction of sp³-hybridized carbons (Fsp3) is 0.571. The molecule has 0 saturated heterocycles. The quantitative estimate of drug-likeness (QED) is 0.489. The highest BCUT2D eigenvalue weighted by Crippen LogP contribution is 2.05. The minimum Gasteiger partial charge on any atom is -0.356 e. The van der Waals surface area contributed by atoms with E-state index in [0.717, 1.165) is 5.56 Å². The minimum atomic E-state index is -0.0368. The highest BCUT2D eigenvalue weighted by molar-refractivity contribution is 5.88. The molecule has 0 saturated carbocycles. The number of nitrogens with one attached hydrogen (secondary N) is 1. The van der Waals surface area contributed by atoms with E-state index < -0.39 is 0 Å². The van der Waals surface area contributed by atoms with Gasteiger partial charge < -0.3 is 20.0 Å². The highest BCUT2D eigenvalue weighted by Gasteiger charge is 2.16. The van der Waals surface area contributed by atoms with Crippen molar-refractivity contribution in [3.63, 3.8) is 0 Å². The molecule has 7 heteroatoms. The second-order valence-electron chi connectivity index (χ2n) is 6.49. The van der Waals surface area contributed by atoms with Crippen molar-refractivity contribution < 1.29 is 9.59 Å². The lowest BCUT2D eigenvalue weighted by Crippen LogP contribution is -2.46. The molecule has 1 rings (SSSR count). The molecule has 156 valence electrons. The van der Waals surface area contributed by atoms with Gasteiger partial charge >= 0.3 is 0 Å². The number of benzene rings is 1. The van der Waals surface area contributed by atoms with E-state index in [2.05, 4.69) is 10.3 Å². The summed E-state index contributed by atoms with van der Waals surface area (Å²) in [6.07, 6.45) is 0. The van der Waals surface area contributed by atoms with Gasteiger partial charge in [-0.3, -0.25) is 9.59 Å². The molecule has 0 bridgehead atoms. The van der Waals surface area contributed by atoms with Crippen LogP contribution in [-0.2, 0) is 16.1 Å². The number of rotatable bonds is 10. The fourth-order valence-corrected chi connectivity index (χ4v) is 2.85. The zero-order valence-corrected chi connectivity index (χ0v) is 17.9. The monoisotopic (exact) mass is 389 g/mol. The molecule has 0 unspecified atom stereocenters. The zero-order valence-electron chi connectivity index (χ0n) is 17.9. The number of amides is 2. The Hall–Kier alpha value is -2.57. The van der Waals surface area contributed by atoms with Crippen LogP contribution in [0.1, 0.15) is 33.3 Å². The third-order valence-corrected chi connectivity index (χ3v) is 4.50. The maximum Gasteiger partial charge on any atom is 0.244 e. The fourth-order valence-electron chi connectivity index (χ4n) is 2.85. The Labute approximate surface area is 169 Å². The molecule has 0 spiro atoms. The molecule has 1 aromatic rings. The van der Waals surface area contributed by atoms with Crippen LogP contribution in [-0.4, -0.2) is 78.8 Å². The molecule has 0 radical (unpaired) electrons. The predicted octanol–water partition coefficient (Wildman–Crippen LogP) is 1.80.